The summed E-state index contributed by atoms with van der Waals surface area (Å²) in [5, 5.41) is 19.6. The third-order valence-corrected chi connectivity index (χ3v) is 5.15. The third kappa shape index (κ3) is 8.27. The fraction of sp³-hybridized carbons (Fsp3) is 0.850. The monoisotopic (exact) mass is 385 g/mol. The maximum atomic E-state index is 11.7. The van der Waals surface area contributed by atoms with Gasteiger partial charge in [0.1, 0.15) is 12.7 Å². The van der Waals surface area contributed by atoms with Crippen LogP contribution in [-0.4, -0.2) is 78.0 Å². The highest BCUT2D eigenvalue weighted by molar-refractivity contribution is 5.81. The minimum absolute atomic E-state index is 0.133. The van der Waals surface area contributed by atoms with E-state index in [1.807, 2.05) is 6.92 Å². The van der Waals surface area contributed by atoms with Gasteiger partial charge in [0.2, 0.25) is 0 Å². The molecule has 2 aliphatic heterocycles. The summed E-state index contributed by atoms with van der Waals surface area (Å²) >= 11 is 0. The summed E-state index contributed by atoms with van der Waals surface area (Å²) in [6, 6.07) is 0. The van der Waals surface area contributed by atoms with E-state index in [2.05, 4.69) is 4.90 Å². The maximum Gasteiger partial charge on any atom is 0.330 e. The van der Waals surface area contributed by atoms with Crippen LogP contribution < -0.4 is 0 Å². The smallest absolute Gasteiger partial charge is 0.330 e. The van der Waals surface area contributed by atoms with E-state index in [1.54, 1.807) is 13.0 Å². The first-order valence-electron chi connectivity index (χ1n) is 10.2. The second kappa shape index (κ2) is 11.8. The molecule has 0 aromatic carbocycles. The lowest BCUT2D eigenvalue weighted by Crippen LogP contribution is -2.48. The quantitative estimate of drug-likeness (QED) is 0.460. The van der Waals surface area contributed by atoms with Crippen LogP contribution in [0.2, 0.25) is 0 Å². The third-order valence-electron chi connectivity index (χ3n) is 5.15. The standard InChI is InChI=1S/C20H35NO6/c1-15(26-20-18(23)14-17(22)16(2)27-20)8-4-5-9-19(24)25-13-12-21-10-6-3-7-11-21/h5,9,15-18,20,22-23H,3-4,6-8,10-14H2,1-2H3/b9-5+/t15-,16+,17-,18-,20-/m1/s1. The number of likely N-dealkylation sites (tertiary alicyclic amines) is 1. The van der Waals surface area contributed by atoms with Crippen LogP contribution in [0.4, 0.5) is 0 Å². The fourth-order valence-electron chi connectivity index (χ4n) is 3.38. The number of nitrogens with zero attached hydrogens (tertiary/aromatic N) is 1. The van der Waals surface area contributed by atoms with Gasteiger partial charge in [0.25, 0.3) is 0 Å². The van der Waals surface area contributed by atoms with Gasteiger partial charge in [0.15, 0.2) is 6.29 Å². The van der Waals surface area contributed by atoms with Gasteiger partial charge in [0, 0.05) is 19.0 Å². The minimum Gasteiger partial charge on any atom is -0.461 e. The highest BCUT2D eigenvalue weighted by Gasteiger charge is 2.35. The lowest BCUT2D eigenvalue weighted by molar-refractivity contribution is -0.273. The van der Waals surface area contributed by atoms with Gasteiger partial charge in [-0.2, -0.15) is 0 Å². The largest absolute Gasteiger partial charge is 0.461 e. The number of esters is 1. The number of carbonyl (C=O) groups excluding carboxylic acids is 1. The van der Waals surface area contributed by atoms with Crippen molar-refractivity contribution >= 4 is 5.97 Å². The molecule has 2 aliphatic rings. The number of aliphatic hydroxyl groups excluding tert-OH is 2. The van der Waals surface area contributed by atoms with Crippen LogP contribution in [0.5, 0.6) is 0 Å². The zero-order chi connectivity index (χ0) is 19.6. The normalized spacial score (nSPS) is 31.1. The van der Waals surface area contributed by atoms with Crippen LogP contribution in [0.25, 0.3) is 0 Å². The first-order valence-corrected chi connectivity index (χ1v) is 10.2. The molecule has 5 atom stereocenters. The molecule has 7 nitrogen and oxygen atoms in total. The van der Waals surface area contributed by atoms with Crippen LogP contribution in [-0.2, 0) is 19.0 Å². The topological polar surface area (TPSA) is 88.5 Å². The average molecular weight is 386 g/mol. The van der Waals surface area contributed by atoms with Crippen molar-refractivity contribution in [1.29, 1.82) is 0 Å². The number of ether oxygens (including phenoxy) is 3. The van der Waals surface area contributed by atoms with Crippen LogP contribution in [0.1, 0.15) is 52.4 Å². The van der Waals surface area contributed by atoms with Crippen molar-refractivity contribution in [3.8, 4) is 0 Å². The zero-order valence-corrected chi connectivity index (χ0v) is 16.6. The molecule has 0 spiro atoms. The molecule has 156 valence electrons. The number of allylic oxidation sites excluding steroid dienone is 1. The van der Waals surface area contributed by atoms with E-state index in [9.17, 15) is 15.0 Å². The van der Waals surface area contributed by atoms with Crippen LogP contribution in [0.3, 0.4) is 0 Å². The first kappa shape index (κ1) is 22.3. The molecule has 0 aliphatic carbocycles. The van der Waals surface area contributed by atoms with Crippen molar-refractivity contribution in [3.05, 3.63) is 12.2 Å². The molecule has 2 saturated heterocycles. The molecule has 2 rings (SSSR count). The Balaban J connectivity index is 1.55. The van der Waals surface area contributed by atoms with Crippen molar-refractivity contribution in [2.45, 2.75) is 83.1 Å². The van der Waals surface area contributed by atoms with E-state index >= 15 is 0 Å². The molecule has 27 heavy (non-hydrogen) atoms. The predicted octanol–water partition coefficient (Wildman–Crippen LogP) is 1.61. The van der Waals surface area contributed by atoms with Crippen LogP contribution in [0.15, 0.2) is 12.2 Å². The van der Waals surface area contributed by atoms with Crippen molar-refractivity contribution in [3.63, 3.8) is 0 Å². The minimum atomic E-state index is -0.830. The van der Waals surface area contributed by atoms with Crippen molar-refractivity contribution in [2.75, 3.05) is 26.2 Å². The Bertz CT molecular complexity index is 465. The Morgan fingerprint density at radius 3 is 2.74 bits per heavy atom. The molecule has 0 aromatic heterocycles. The predicted molar refractivity (Wildman–Crippen MR) is 101 cm³/mol. The van der Waals surface area contributed by atoms with Crippen molar-refractivity contribution in [1.82, 2.24) is 4.90 Å². The molecule has 2 heterocycles. The van der Waals surface area contributed by atoms with E-state index in [0.29, 0.717) is 19.4 Å². The Hall–Kier alpha value is -0.990. The van der Waals surface area contributed by atoms with Gasteiger partial charge >= 0.3 is 5.97 Å². The molecule has 0 radical (unpaired) electrons. The highest BCUT2D eigenvalue weighted by Crippen LogP contribution is 2.22. The zero-order valence-electron chi connectivity index (χ0n) is 16.6. The van der Waals surface area contributed by atoms with Gasteiger partial charge in [0.05, 0.1) is 18.3 Å². The highest BCUT2D eigenvalue weighted by atomic mass is 16.7. The molecule has 7 heteroatoms. The lowest BCUT2D eigenvalue weighted by Gasteiger charge is -2.36. The summed E-state index contributed by atoms with van der Waals surface area (Å²) < 4.78 is 16.5. The summed E-state index contributed by atoms with van der Waals surface area (Å²) in [4.78, 5) is 14.1. The fourth-order valence-corrected chi connectivity index (χ4v) is 3.38. The summed E-state index contributed by atoms with van der Waals surface area (Å²) in [6.45, 7) is 7.10. The second-order valence-corrected chi connectivity index (χ2v) is 7.58. The van der Waals surface area contributed by atoms with Gasteiger partial charge in [-0.25, -0.2) is 4.79 Å². The molecule has 2 N–H and O–H groups in total. The SMILES string of the molecule is C[C@H](CC/C=C/C(=O)OCCN1CCCCC1)O[C@@H]1O[C@@H](C)[C@H](O)C[C@H]1O. The number of rotatable bonds is 9. The molecule has 0 unspecified atom stereocenters. The molecule has 0 aromatic rings. The van der Waals surface area contributed by atoms with Crippen molar-refractivity contribution < 1.29 is 29.2 Å². The Morgan fingerprint density at radius 1 is 1.26 bits per heavy atom. The Morgan fingerprint density at radius 2 is 2.00 bits per heavy atom. The summed E-state index contributed by atoms with van der Waals surface area (Å²) in [6.07, 6.45) is 5.93. The number of hydrogen-bond acceptors (Lipinski definition) is 7. The Kier molecular flexibility index (Phi) is 9.72. The second-order valence-electron chi connectivity index (χ2n) is 7.58. The Labute approximate surface area is 162 Å². The van der Waals surface area contributed by atoms with E-state index in [4.69, 9.17) is 14.2 Å². The summed E-state index contributed by atoms with van der Waals surface area (Å²) in [5.74, 6) is -0.311. The van der Waals surface area contributed by atoms with E-state index in [-0.39, 0.29) is 24.6 Å². The van der Waals surface area contributed by atoms with Gasteiger partial charge in [-0.3, -0.25) is 4.90 Å². The number of hydrogen-bond donors (Lipinski definition) is 2. The molecule has 0 amide bonds. The maximum absolute atomic E-state index is 11.7. The van der Waals surface area contributed by atoms with E-state index < -0.39 is 18.5 Å². The summed E-state index contributed by atoms with van der Waals surface area (Å²) in [7, 11) is 0. The van der Waals surface area contributed by atoms with Gasteiger partial charge in [-0.05, 0) is 52.6 Å². The first-order chi connectivity index (χ1) is 13.0. The van der Waals surface area contributed by atoms with E-state index in [0.717, 1.165) is 19.6 Å². The molecule has 2 fully saturated rings. The summed E-state index contributed by atoms with van der Waals surface area (Å²) in [5.41, 5.74) is 0. The molecular weight excluding hydrogens is 350 g/mol. The molecule has 0 saturated carbocycles. The average Bonchev–Trinajstić information content (AvgIpc) is 2.64. The molecule has 0 bridgehead atoms. The van der Waals surface area contributed by atoms with Crippen LogP contribution >= 0.6 is 0 Å². The van der Waals surface area contributed by atoms with Crippen molar-refractivity contribution in [2.24, 2.45) is 0 Å². The van der Waals surface area contributed by atoms with Gasteiger partial charge < -0.3 is 24.4 Å². The number of carbonyl (C=O) groups is 1. The molecular formula is C20H35NO6. The number of piperidine rings is 1. The van der Waals surface area contributed by atoms with Gasteiger partial charge in [-0.15, -0.1) is 0 Å². The lowest BCUT2D eigenvalue weighted by atomic mass is 10.0. The van der Waals surface area contributed by atoms with Gasteiger partial charge in [-0.1, -0.05) is 12.5 Å². The number of aliphatic hydroxyl groups is 2. The van der Waals surface area contributed by atoms with E-state index in [1.165, 1.54) is 25.3 Å². The van der Waals surface area contributed by atoms with Crippen LogP contribution in [0, 0.1) is 0 Å².